The number of rotatable bonds is 5. The van der Waals surface area contributed by atoms with Crippen LogP contribution in [-0.2, 0) is 0 Å². The van der Waals surface area contributed by atoms with Gasteiger partial charge in [0.2, 0.25) is 0 Å². The Hall–Kier alpha value is -1.48. The van der Waals surface area contributed by atoms with Crippen molar-refractivity contribution in [1.29, 1.82) is 0 Å². The third-order valence-corrected chi connectivity index (χ3v) is 3.70. The lowest BCUT2D eigenvalue weighted by molar-refractivity contribution is 0.959. The summed E-state index contributed by atoms with van der Waals surface area (Å²) < 4.78 is 0. The van der Waals surface area contributed by atoms with E-state index in [-0.39, 0.29) is 0 Å². The second kappa shape index (κ2) is 6.45. The molecule has 0 aliphatic heterocycles. The van der Waals surface area contributed by atoms with Gasteiger partial charge >= 0.3 is 0 Å². The summed E-state index contributed by atoms with van der Waals surface area (Å²) in [6, 6.07) is 14.5. The van der Waals surface area contributed by atoms with E-state index in [1.54, 1.807) is 11.8 Å². The molecule has 0 bridgehead atoms. The minimum atomic E-state index is 0.954. The van der Waals surface area contributed by atoms with Gasteiger partial charge in [0.1, 0.15) is 10.8 Å². The van der Waals surface area contributed by atoms with Gasteiger partial charge in [-0.05, 0) is 37.1 Å². The van der Waals surface area contributed by atoms with Crippen molar-refractivity contribution in [1.82, 2.24) is 4.98 Å². The molecule has 2 aromatic rings. The number of benzene rings is 1. The molecular formula is C15H18N2S. The van der Waals surface area contributed by atoms with E-state index in [1.165, 1.54) is 10.5 Å². The van der Waals surface area contributed by atoms with Gasteiger partial charge in [-0.1, -0.05) is 43.0 Å². The molecule has 18 heavy (non-hydrogen) atoms. The topological polar surface area (TPSA) is 24.9 Å². The Morgan fingerprint density at radius 1 is 1.11 bits per heavy atom. The molecule has 0 saturated heterocycles. The maximum atomic E-state index is 4.60. The van der Waals surface area contributed by atoms with Crippen LogP contribution in [0.25, 0.3) is 0 Å². The van der Waals surface area contributed by atoms with Gasteiger partial charge in [0.25, 0.3) is 0 Å². The Morgan fingerprint density at radius 2 is 1.94 bits per heavy atom. The molecule has 0 aliphatic rings. The van der Waals surface area contributed by atoms with Gasteiger partial charge in [0.15, 0.2) is 0 Å². The third kappa shape index (κ3) is 3.50. The van der Waals surface area contributed by atoms with Crippen LogP contribution in [0, 0.1) is 6.92 Å². The average Bonchev–Trinajstić information content (AvgIpc) is 2.40. The van der Waals surface area contributed by atoms with Gasteiger partial charge in [-0.3, -0.25) is 0 Å². The largest absolute Gasteiger partial charge is 0.370 e. The molecule has 1 aromatic heterocycles. The highest BCUT2D eigenvalue weighted by Gasteiger charge is 2.02. The molecule has 0 spiro atoms. The van der Waals surface area contributed by atoms with Crippen LogP contribution in [-0.4, -0.2) is 11.5 Å². The highest BCUT2D eigenvalue weighted by atomic mass is 32.2. The van der Waals surface area contributed by atoms with Crippen LogP contribution in [0.4, 0.5) is 5.82 Å². The van der Waals surface area contributed by atoms with E-state index in [0.717, 1.165) is 23.8 Å². The molecule has 1 N–H and O–H groups in total. The number of nitrogens with zero attached hydrogens (tertiary/aromatic N) is 1. The van der Waals surface area contributed by atoms with Gasteiger partial charge in [0.05, 0.1) is 0 Å². The van der Waals surface area contributed by atoms with Crippen molar-refractivity contribution < 1.29 is 0 Å². The van der Waals surface area contributed by atoms with Crippen LogP contribution < -0.4 is 5.32 Å². The first-order valence-electron chi connectivity index (χ1n) is 6.24. The van der Waals surface area contributed by atoms with E-state index in [0.29, 0.717) is 0 Å². The van der Waals surface area contributed by atoms with E-state index in [9.17, 15) is 0 Å². The van der Waals surface area contributed by atoms with Crippen molar-refractivity contribution in [3.05, 3.63) is 48.0 Å². The smallest absolute Gasteiger partial charge is 0.127 e. The maximum Gasteiger partial charge on any atom is 0.127 e. The molecule has 1 aromatic carbocycles. The highest BCUT2D eigenvalue weighted by molar-refractivity contribution is 7.99. The first kappa shape index (κ1) is 13.0. The van der Waals surface area contributed by atoms with E-state index in [4.69, 9.17) is 0 Å². The number of aryl methyl sites for hydroxylation is 1. The monoisotopic (exact) mass is 258 g/mol. The molecule has 1 heterocycles. The van der Waals surface area contributed by atoms with Gasteiger partial charge in [0, 0.05) is 11.4 Å². The Bertz CT molecular complexity index is 511. The molecule has 0 aliphatic carbocycles. The first-order chi connectivity index (χ1) is 8.79. The lowest BCUT2D eigenvalue weighted by Crippen LogP contribution is -2.01. The second-order valence-electron chi connectivity index (χ2n) is 4.16. The molecule has 0 radical (unpaired) electrons. The van der Waals surface area contributed by atoms with Crippen molar-refractivity contribution in [2.45, 2.75) is 30.2 Å². The summed E-state index contributed by atoms with van der Waals surface area (Å²) >= 11 is 1.71. The van der Waals surface area contributed by atoms with Crippen LogP contribution in [0.15, 0.2) is 52.4 Å². The Balaban J connectivity index is 2.12. The van der Waals surface area contributed by atoms with Crippen LogP contribution in [0.1, 0.15) is 18.9 Å². The molecule has 0 amide bonds. The molecule has 94 valence electrons. The van der Waals surface area contributed by atoms with Crippen LogP contribution >= 0.6 is 11.8 Å². The zero-order valence-corrected chi connectivity index (χ0v) is 11.6. The summed E-state index contributed by atoms with van der Waals surface area (Å²) in [6.45, 7) is 5.24. The minimum Gasteiger partial charge on any atom is -0.370 e. The van der Waals surface area contributed by atoms with Gasteiger partial charge < -0.3 is 5.32 Å². The zero-order valence-electron chi connectivity index (χ0n) is 10.8. The zero-order chi connectivity index (χ0) is 12.8. The number of pyridine rings is 1. The third-order valence-electron chi connectivity index (χ3n) is 2.59. The molecule has 3 heteroatoms. The maximum absolute atomic E-state index is 4.60. The van der Waals surface area contributed by atoms with Gasteiger partial charge in [-0.25, -0.2) is 4.98 Å². The Labute approximate surface area is 113 Å². The molecule has 0 atom stereocenters. The SMILES string of the molecule is CCCNc1cccc(Sc2ccccc2C)n1. The Morgan fingerprint density at radius 3 is 2.72 bits per heavy atom. The first-order valence-corrected chi connectivity index (χ1v) is 7.05. The number of nitrogens with one attached hydrogen (secondary N) is 1. The summed E-state index contributed by atoms with van der Waals surface area (Å²) in [4.78, 5) is 5.86. The lowest BCUT2D eigenvalue weighted by atomic mass is 10.2. The molecule has 2 rings (SSSR count). The fraction of sp³-hybridized carbons (Fsp3) is 0.267. The average molecular weight is 258 g/mol. The van der Waals surface area contributed by atoms with Crippen molar-refractivity contribution in [3.63, 3.8) is 0 Å². The van der Waals surface area contributed by atoms with E-state index < -0.39 is 0 Å². The molecular weight excluding hydrogens is 240 g/mol. The summed E-state index contributed by atoms with van der Waals surface area (Å²) in [6.07, 6.45) is 1.11. The Kier molecular flexibility index (Phi) is 4.65. The fourth-order valence-electron chi connectivity index (χ4n) is 1.61. The summed E-state index contributed by atoms with van der Waals surface area (Å²) in [5, 5.41) is 4.34. The molecule has 0 fully saturated rings. The van der Waals surface area contributed by atoms with Crippen molar-refractivity contribution in [2.75, 3.05) is 11.9 Å². The van der Waals surface area contributed by atoms with Crippen molar-refractivity contribution in [2.24, 2.45) is 0 Å². The summed E-state index contributed by atoms with van der Waals surface area (Å²) in [5.74, 6) is 0.954. The number of anilines is 1. The number of hydrogen-bond acceptors (Lipinski definition) is 3. The predicted molar refractivity (Wildman–Crippen MR) is 78.3 cm³/mol. The van der Waals surface area contributed by atoms with E-state index in [1.807, 2.05) is 18.2 Å². The minimum absolute atomic E-state index is 0.954. The summed E-state index contributed by atoms with van der Waals surface area (Å²) in [7, 11) is 0. The lowest BCUT2D eigenvalue weighted by Gasteiger charge is -2.07. The fourth-order valence-corrected chi connectivity index (χ4v) is 2.50. The van der Waals surface area contributed by atoms with Gasteiger partial charge in [-0.15, -0.1) is 0 Å². The molecule has 0 saturated carbocycles. The van der Waals surface area contributed by atoms with Crippen molar-refractivity contribution >= 4 is 17.6 Å². The predicted octanol–water partition coefficient (Wildman–Crippen LogP) is 4.36. The van der Waals surface area contributed by atoms with E-state index in [2.05, 4.69) is 48.4 Å². The molecule has 2 nitrogen and oxygen atoms in total. The van der Waals surface area contributed by atoms with E-state index >= 15 is 0 Å². The highest BCUT2D eigenvalue weighted by Crippen LogP contribution is 2.29. The van der Waals surface area contributed by atoms with Crippen LogP contribution in [0.2, 0.25) is 0 Å². The standard InChI is InChI=1S/C15H18N2S/c1-3-11-16-14-9-6-10-15(17-14)18-13-8-5-4-7-12(13)2/h4-10H,3,11H2,1-2H3,(H,16,17). The van der Waals surface area contributed by atoms with Crippen LogP contribution in [0.3, 0.4) is 0 Å². The number of aromatic nitrogens is 1. The van der Waals surface area contributed by atoms with Crippen LogP contribution in [0.5, 0.6) is 0 Å². The summed E-state index contributed by atoms with van der Waals surface area (Å²) in [5.41, 5.74) is 1.29. The second-order valence-corrected chi connectivity index (χ2v) is 5.22. The quantitative estimate of drug-likeness (QED) is 0.862. The normalized spacial score (nSPS) is 10.3. The number of hydrogen-bond donors (Lipinski definition) is 1. The van der Waals surface area contributed by atoms with Crippen molar-refractivity contribution in [3.8, 4) is 0 Å². The molecule has 0 unspecified atom stereocenters. The van der Waals surface area contributed by atoms with Gasteiger partial charge in [-0.2, -0.15) is 0 Å².